The number of carbonyl (C=O) groups is 1. The van der Waals surface area contributed by atoms with Gasteiger partial charge in [0.25, 0.3) is 0 Å². The molecule has 2 aromatic heterocycles. The van der Waals surface area contributed by atoms with E-state index in [2.05, 4.69) is 9.71 Å². The molecule has 0 aliphatic heterocycles. The van der Waals surface area contributed by atoms with Gasteiger partial charge in [-0.1, -0.05) is 0 Å². The number of hydrogen-bond donors (Lipinski definition) is 2. The number of thiazole rings is 1. The Morgan fingerprint density at radius 3 is 2.69 bits per heavy atom. The molecule has 0 bridgehead atoms. The fraction of sp³-hybridized carbons (Fsp3) is 0.389. The number of amides is 1. The maximum absolute atomic E-state index is 12.9. The van der Waals surface area contributed by atoms with Crippen LogP contribution in [0.1, 0.15) is 30.7 Å². The van der Waals surface area contributed by atoms with E-state index >= 15 is 0 Å². The van der Waals surface area contributed by atoms with Gasteiger partial charge in [-0.2, -0.15) is 0 Å². The van der Waals surface area contributed by atoms with E-state index in [9.17, 15) is 18.0 Å². The summed E-state index contributed by atoms with van der Waals surface area (Å²) in [5.74, 6) is -0.676. The zero-order valence-electron chi connectivity index (χ0n) is 16.0. The average molecular weight is 436 g/mol. The molecule has 1 aliphatic rings. The summed E-state index contributed by atoms with van der Waals surface area (Å²) in [6.45, 7) is 1.85. The van der Waals surface area contributed by atoms with Crippen molar-refractivity contribution in [2.24, 2.45) is 12.8 Å². The number of rotatable bonds is 7. The van der Waals surface area contributed by atoms with Gasteiger partial charge in [0.05, 0.1) is 21.4 Å². The number of nitrogens with one attached hydrogen (secondary N) is 1. The van der Waals surface area contributed by atoms with E-state index < -0.39 is 33.2 Å². The Morgan fingerprint density at radius 1 is 1.38 bits per heavy atom. The summed E-state index contributed by atoms with van der Waals surface area (Å²) in [6, 6.07) is 3.50. The second-order valence-corrected chi connectivity index (χ2v) is 10.3. The summed E-state index contributed by atoms with van der Waals surface area (Å²) in [5.41, 5.74) is 7.24. The van der Waals surface area contributed by atoms with Crippen LogP contribution in [0.4, 0.5) is 0 Å². The Bertz CT molecular complexity index is 1250. The minimum Gasteiger partial charge on any atom is -0.368 e. The van der Waals surface area contributed by atoms with Crippen LogP contribution in [-0.4, -0.2) is 34.0 Å². The number of imidazole rings is 1. The van der Waals surface area contributed by atoms with Crippen LogP contribution < -0.4 is 16.1 Å². The Balaban J connectivity index is 1.85. The maximum atomic E-state index is 12.9. The molecule has 1 saturated carbocycles. The Labute approximate surface area is 171 Å². The van der Waals surface area contributed by atoms with E-state index in [-0.39, 0.29) is 11.3 Å². The van der Waals surface area contributed by atoms with E-state index in [1.165, 1.54) is 32.6 Å². The zero-order valence-corrected chi connectivity index (χ0v) is 17.6. The van der Waals surface area contributed by atoms with Crippen LogP contribution in [0.3, 0.4) is 0 Å². The molecule has 0 radical (unpaired) electrons. The lowest BCUT2D eigenvalue weighted by atomic mass is 10.1. The third-order valence-electron chi connectivity index (χ3n) is 5.27. The zero-order chi connectivity index (χ0) is 21.0. The number of nitrogens with two attached hydrogens (primary N) is 1. The number of nitrogens with zero attached hydrogens (tertiary/aromatic N) is 3. The molecule has 3 aromatic rings. The normalized spacial score (nSPS) is 16.8. The lowest BCUT2D eigenvalue weighted by Crippen LogP contribution is -2.35. The number of benzene rings is 1. The molecule has 0 spiro atoms. The van der Waals surface area contributed by atoms with Crippen LogP contribution in [0.25, 0.3) is 11.0 Å². The standard InChI is InChI=1S/C18H21N5O4S2/c1-18(5-6-18)21-29(26,27)12-3-4-13-14(8-12)23(17(25)22(13)2)15(16(19)24)7-11-9-20-10-28-11/h3-4,8-10,15,21H,5-7H2,1-2H3,(H2,19,24). The Kier molecular flexibility index (Phi) is 4.63. The van der Waals surface area contributed by atoms with Crippen molar-refractivity contribution in [2.45, 2.75) is 42.7 Å². The van der Waals surface area contributed by atoms with Gasteiger partial charge in [0.1, 0.15) is 6.04 Å². The molecular weight excluding hydrogens is 414 g/mol. The SMILES string of the molecule is Cn1c(=O)n(C(Cc2cncs2)C(N)=O)c2cc(S(=O)(=O)NC3(C)CC3)ccc21. The first-order chi connectivity index (χ1) is 13.6. The fourth-order valence-electron chi connectivity index (χ4n) is 3.34. The highest BCUT2D eigenvalue weighted by Gasteiger charge is 2.41. The summed E-state index contributed by atoms with van der Waals surface area (Å²) in [7, 11) is -2.19. The molecule has 1 unspecified atom stereocenters. The number of primary amides is 1. The van der Waals surface area contributed by atoms with Crippen molar-refractivity contribution in [1.82, 2.24) is 18.8 Å². The number of aryl methyl sites for hydroxylation is 1. The van der Waals surface area contributed by atoms with Crippen molar-refractivity contribution in [3.8, 4) is 0 Å². The monoisotopic (exact) mass is 435 g/mol. The molecule has 2 heterocycles. The molecular formula is C18H21N5O4S2. The molecule has 1 aliphatic carbocycles. The van der Waals surface area contributed by atoms with E-state index in [0.717, 1.165) is 17.7 Å². The highest BCUT2D eigenvalue weighted by atomic mass is 32.2. The highest BCUT2D eigenvalue weighted by molar-refractivity contribution is 7.89. The van der Waals surface area contributed by atoms with E-state index in [0.29, 0.717) is 11.0 Å². The molecule has 1 amide bonds. The predicted molar refractivity (Wildman–Crippen MR) is 109 cm³/mol. The highest BCUT2D eigenvalue weighted by Crippen LogP contribution is 2.36. The van der Waals surface area contributed by atoms with Crippen LogP contribution in [0.15, 0.2) is 39.6 Å². The maximum Gasteiger partial charge on any atom is 0.329 e. The number of carbonyl (C=O) groups excluding carboxylic acids is 1. The summed E-state index contributed by atoms with van der Waals surface area (Å²) in [5, 5.41) is 0. The average Bonchev–Trinajstić information content (AvgIpc) is 3.06. The summed E-state index contributed by atoms with van der Waals surface area (Å²) >= 11 is 1.36. The van der Waals surface area contributed by atoms with Crippen LogP contribution >= 0.6 is 11.3 Å². The Morgan fingerprint density at radius 2 is 2.10 bits per heavy atom. The lowest BCUT2D eigenvalue weighted by molar-refractivity contribution is -0.121. The minimum absolute atomic E-state index is 0.0403. The molecule has 1 fully saturated rings. The summed E-state index contributed by atoms with van der Waals surface area (Å²) in [4.78, 5) is 29.9. The third-order valence-corrected chi connectivity index (χ3v) is 7.71. The van der Waals surface area contributed by atoms with Crippen LogP contribution in [0.2, 0.25) is 0 Å². The first kappa shape index (κ1) is 19.8. The molecule has 3 N–H and O–H groups in total. The van der Waals surface area contributed by atoms with Gasteiger partial charge in [-0.3, -0.25) is 18.9 Å². The van der Waals surface area contributed by atoms with Gasteiger partial charge in [-0.15, -0.1) is 11.3 Å². The number of aromatic nitrogens is 3. The number of fused-ring (bicyclic) bond motifs is 1. The van der Waals surface area contributed by atoms with Gasteiger partial charge in [-0.05, 0) is 38.0 Å². The lowest BCUT2D eigenvalue weighted by Gasteiger charge is -2.15. The van der Waals surface area contributed by atoms with Crippen LogP contribution in [-0.2, 0) is 28.3 Å². The van der Waals surface area contributed by atoms with Crippen molar-refractivity contribution in [3.63, 3.8) is 0 Å². The number of hydrogen-bond acceptors (Lipinski definition) is 6. The van der Waals surface area contributed by atoms with Crippen molar-refractivity contribution in [1.29, 1.82) is 0 Å². The van der Waals surface area contributed by atoms with Crippen LogP contribution in [0, 0.1) is 0 Å². The molecule has 4 rings (SSSR count). The molecule has 0 saturated heterocycles. The van der Waals surface area contributed by atoms with Gasteiger partial charge in [0.15, 0.2) is 0 Å². The first-order valence-electron chi connectivity index (χ1n) is 9.03. The molecule has 9 nitrogen and oxygen atoms in total. The van der Waals surface area contributed by atoms with E-state index in [1.54, 1.807) is 24.8 Å². The van der Waals surface area contributed by atoms with Gasteiger partial charge >= 0.3 is 5.69 Å². The largest absolute Gasteiger partial charge is 0.368 e. The summed E-state index contributed by atoms with van der Waals surface area (Å²) in [6.07, 6.45) is 3.38. The molecule has 11 heteroatoms. The molecule has 1 atom stereocenters. The Hall–Kier alpha value is -2.50. The van der Waals surface area contributed by atoms with E-state index in [1.807, 2.05) is 6.92 Å². The minimum atomic E-state index is -3.76. The second kappa shape index (κ2) is 6.78. The predicted octanol–water partition coefficient (Wildman–Crippen LogP) is 0.896. The molecule has 154 valence electrons. The summed E-state index contributed by atoms with van der Waals surface area (Å²) < 4.78 is 30.9. The van der Waals surface area contributed by atoms with Crippen molar-refractivity contribution in [3.05, 3.63) is 45.3 Å². The van der Waals surface area contributed by atoms with Crippen molar-refractivity contribution >= 4 is 38.3 Å². The van der Waals surface area contributed by atoms with Crippen molar-refractivity contribution in [2.75, 3.05) is 0 Å². The smallest absolute Gasteiger partial charge is 0.329 e. The third kappa shape index (κ3) is 3.61. The van der Waals surface area contributed by atoms with Gasteiger partial charge in [0, 0.05) is 30.1 Å². The fourth-order valence-corrected chi connectivity index (χ4v) is 5.46. The molecule has 1 aromatic carbocycles. The number of sulfonamides is 1. The van der Waals surface area contributed by atoms with E-state index in [4.69, 9.17) is 5.73 Å². The van der Waals surface area contributed by atoms with Gasteiger partial charge < -0.3 is 5.73 Å². The van der Waals surface area contributed by atoms with Gasteiger partial charge in [-0.25, -0.2) is 17.9 Å². The second-order valence-electron chi connectivity index (χ2n) is 7.62. The molecule has 29 heavy (non-hydrogen) atoms. The first-order valence-corrected chi connectivity index (χ1v) is 11.4. The van der Waals surface area contributed by atoms with Crippen molar-refractivity contribution < 1.29 is 13.2 Å². The topological polar surface area (TPSA) is 129 Å². The quantitative estimate of drug-likeness (QED) is 0.570. The van der Waals surface area contributed by atoms with Crippen LogP contribution in [0.5, 0.6) is 0 Å². The van der Waals surface area contributed by atoms with Gasteiger partial charge in [0.2, 0.25) is 15.9 Å².